The van der Waals surface area contributed by atoms with Gasteiger partial charge in [-0.3, -0.25) is 4.79 Å². The standard InChI is InChI=1S/C17H24N2O2/c1-12(14-5-3-2-4-6-14)18-10-13-7-8-16-15(9-13)19-17(20)11-21-16/h7-9,12,14,18H,2-6,10-11H2,1H3,(H,19,20). The van der Waals surface area contributed by atoms with Crippen LogP contribution in [0.3, 0.4) is 0 Å². The molecule has 4 nitrogen and oxygen atoms in total. The lowest BCUT2D eigenvalue weighted by molar-refractivity contribution is -0.118. The molecule has 1 aliphatic heterocycles. The highest BCUT2D eigenvalue weighted by Gasteiger charge is 2.20. The van der Waals surface area contributed by atoms with Crippen LogP contribution in [0.1, 0.15) is 44.6 Å². The lowest BCUT2D eigenvalue weighted by atomic mass is 9.84. The highest BCUT2D eigenvalue weighted by atomic mass is 16.5. The zero-order chi connectivity index (χ0) is 14.7. The SMILES string of the molecule is CC(NCc1ccc2c(c1)NC(=O)CO2)C1CCCCC1. The van der Waals surface area contributed by atoms with Crippen LogP contribution in [0, 0.1) is 5.92 Å². The molecule has 1 heterocycles. The average molecular weight is 288 g/mol. The number of benzene rings is 1. The molecule has 0 radical (unpaired) electrons. The molecule has 2 aliphatic rings. The van der Waals surface area contributed by atoms with E-state index in [-0.39, 0.29) is 12.5 Å². The van der Waals surface area contributed by atoms with Gasteiger partial charge in [0.15, 0.2) is 6.61 Å². The number of ether oxygens (including phenoxy) is 1. The van der Waals surface area contributed by atoms with E-state index in [1.54, 1.807) is 0 Å². The van der Waals surface area contributed by atoms with Crippen LogP contribution >= 0.6 is 0 Å². The quantitative estimate of drug-likeness (QED) is 0.895. The Morgan fingerprint density at radius 1 is 1.33 bits per heavy atom. The van der Waals surface area contributed by atoms with Crippen LogP contribution in [-0.2, 0) is 11.3 Å². The van der Waals surface area contributed by atoms with Gasteiger partial charge in [-0.15, -0.1) is 0 Å². The highest BCUT2D eigenvalue weighted by Crippen LogP contribution is 2.29. The summed E-state index contributed by atoms with van der Waals surface area (Å²) in [6.07, 6.45) is 6.84. The molecular weight excluding hydrogens is 264 g/mol. The summed E-state index contributed by atoms with van der Waals surface area (Å²) >= 11 is 0. The predicted molar refractivity (Wildman–Crippen MR) is 83.4 cm³/mol. The van der Waals surface area contributed by atoms with Crippen molar-refractivity contribution in [2.24, 2.45) is 5.92 Å². The van der Waals surface area contributed by atoms with Crippen LogP contribution in [-0.4, -0.2) is 18.6 Å². The van der Waals surface area contributed by atoms with Crippen LogP contribution in [0.5, 0.6) is 5.75 Å². The summed E-state index contributed by atoms with van der Waals surface area (Å²) in [5, 5.41) is 6.49. The van der Waals surface area contributed by atoms with Crippen molar-refractivity contribution in [3.63, 3.8) is 0 Å². The molecule has 1 unspecified atom stereocenters. The Labute approximate surface area is 126 Å². The molecule has 0 saturated heterocycles. The molecule has 1 saturated carbocycles. The Hall–Kier alpha value is -1.55. The van der Waals surface area contributed by atoms with Gasteiger partial charge in [0.1, 0.15) is 5.75 Å². The summed E-state index contributed by atoms with van der Waals surface area (Å²) in [6, 6.07) is 6.56. The maximum atomic E-state index is 11.4. The first kappa shape index (κ1) is 14.4. The molecule has 1 aromatic rings. The number of fused-ring (bicyclic) bond motifs is 1. The van der Waals surface area contributed by atoms with Gasteiger partial charge in [0.2, 0.25) is 0 Å². The fourth-order valence-corrected chi connectivity index (χ4v) is 3.32. The van der Waals surface area contributed by atoms with Crippen molar-refractivity contribution in [3.8, 4) is 5.75 Å². The molecule has 0 aromatic heterocycles. The van der Waals surface area contributed by atoms with Crippen LogP contribution in [0.25, 0.3) is 0 Å². The second-order valence-electron chi connectivity index (χ2n) is 6.24. The van der Waals surface area contributed by atoms with Crippen molar-refractivity contribution >= 4 is 11.6 Å². The Morgan fingerprint density at radius 3 is 2.95 bits per heavy atom. The summed E-state index contributed by atoms with van der Waals surface area (Å²) in [4.78, 5) is 11.4. The molecule has 0 spiro atoms. The van der Waals surface area contributed by atoms with E-state index in [1.807, 2.05) is 12.1 Å². The van der Waals surface area contributed by atoms with Crippen LogP contribution in [0.4, 0.5) is 5.69 Å². The number of anilines is 1. The minimum atomic E-state index is -0.0804. The Morgan fingerprint density at radius 2 is 2.14 bits per heavy atom. The van der Waals surface area contributed by atoms with E-state index in [0.717, 1.165) is 23.9 Å². The molecule has 1 amide bonds. The molecule has 0 bridgehead atoms. The van der Waals surface area contributed by atoms with Gasteiger partial charge >= 0.3 is 0 Å². The average Bonchev–Trinajstić information content (AvgIpc) is 2.53. The van der Waals surface area contributed by atoms with Gasteiger partial charge in [-0.1, -0.05) is 25.3 Å². The Balaban J connectivity index is 1.57. The van der Waals surface area contributed by atoms with Crippen molar-refractivity contribution in [2.75, 3.05) is 11.9 Å². The number of hydrogen-bond donors (Lipinski definition) is 2. The molecule has 1 aliphatic carbocycles. The van der Waals surface area contributed by atoms with E-state index in [4.69, 9.17) is 4.74 Å². The molecule has 3 rings (SSSR count). The van der Waals surface area contributed by atoms with Gasteiger partial charge in [0.05, 0.1) is 5.69 Å². The van der Waals surface area contributed by atoms with Gasteiger partial charge in [-0.25, -0.2) is 0 Å². The molecule has 21 heavy (non-hydrogen) atoms. The Bertz CT molecular complexity index is 510. The second-order valence-corrected chi connectivity index (χ2v) is 6.24. The second kappa shape index (κ2) is 6.48. The van der Waals surface area contributed by atoms with Gasteiger partial charge in [-0.05, 0) is 43.4 Å². The van der Waals surface area contributed by atoms with E-state index >= 15 is 0 Å². The first-order valence-electron chi connectivity index (χ1n) is 8.01. The number of rotatable bonds is 4. The lowest BCUT2D eigenvalue weighted by Gasteiger charge is -2.28. The highest BCUT2D eigenvalue weighted by molar-refractivity contribution is 5.95. The molecule has 1 atom stereocenters. The maximum absolute atomic E-state index is 11.4. The first-order chi connectivity index (χ1) is 10.2. The summed E-state index contributed by atoms with van der Waals surface area (Å²) < 4.78 is 5.38. The van der Waals surface area contributed by atoms with Crippen molar-refractivity contribution in [1.82, 2.24) is 5.32 Å². The fraction of sp³-hybridized carbons (Fsp3) is 0.588. The monoisotopic (exact) mass is 288 g/mol. The van der Waals surface area contributed by atoms with E-state index in [1.165, 1.54) is 37.7 Å². The summed E-state index contributed by atoms with van der Waals surface area (Å²) in [5.74, 6) is 1.49. The van der Waals surface area contributed by atoms with E-state index in [2.05, 4.69) is 23.6 Å². The zero-order valence-electron chi connectivity index (χ0n) is 12.7. The van der Waals surface area contributed by atoms with Gasteiger partial charge in [-0.2, -0.15) is 0 Å². The minimum absolute atomic E-state index is 0.0804. The van der Waals surface area contributed by atoms with Crippen molar-refractivity contribution in [3.05, 3.63) is 23.8 Å². The number of amides is 1. The van der Waals surface area contributed by atoms with Crippen molar-refractivity contribution in [2.45, 2.75) is 51.6 Å². The van der Waals surface area contributed by atoms with E-state index in [0.29, 0.717) is 6.04 Å². The zero-order valence-corrected chi connectivity index (χ0v) is 12.7. The van der Waals surface area contributed by atoms with Crippen LogP contribution < -0.4 is 15.4 Å². The molecule has 4 heteroatoms. The summed E-state index contributed by atoms with van der Waals surface area (Å²) in [5.41, 5.74) is 1.97. The molecule has 1 fully saturated rings. The largest absolute Gasteiger partial charge is 0.482 e. The summed E-state index contributed by atoms with van der Waals surface area (Å²) in [6.45, 7) is 3.24. The number of hydrogen-bond acceptors (Lipinski definition) is 3. The topological polar surface area (TPSA) is 50.4 Å². The van der Waals surface area contributed by atoms with Crippen LogP contribution in [0.2, 0.25) is 0 Å². The normalized spacial score (nSPS) is 20.3. The van der Waals surface area contributed by atoms with Gasteiger partial charge < -0.3 is 15.4 Å². The third-order valence-electron chi connectivity index (χ3n) is 4.66. The van der Waals surface area contributed by atoms with Crippen LogP contribution in [0.15, 0.2) is 18.2 Å². The number of carbonyl (C=O) groups excluding carboxylic acids is 1. The van der Waals surface area contributed by atoms with Gasteiger partial charge in [0.25, 0.3) is 5.91 Å². The lowest BCUT2D eigenvalue weighted by Crippen LogP contribution is -2.34. The molecule has 2 N–H and O–H groups in total. The minimum Gasteiger partial charge on any atom is -0.482 e. The number of carbonyl (C=O) groups is 1. The predicted octanol–water partition coefficient (Wildman–Crippen LogP) is 3.08. The molecule has 114 valence electrons. The molecule has 1 aromatic carbocycles. The van der Waals surface area contributed by atoms with Crippen molar-refractivity contribution < 1.29 is 9.53 Å². The maximum Gasteiger partial charge on any atom is 0.262 e. The number of nitrogens with one attached hydrogen (secondary N) is 2. The van der Waals surface area contributed by atoms with Gasteiger partial charge in [0, 0.05) is 12.6 Å². The Kier molecular flexibility index (Phi) is 4.44. The van der Waals surface area contributed by atoms with E-state index in [9.17, 15) is 4.79 Å². The third-order valence-corrected chi connectivity index (χ3v) is 4.66. The van der Waals surface area contributed by atoms with E-state index < -0.39 is 0 Å². The first-order valence-corrected chi connectivity index (χ1v) is 8.01. The molecular formula is C17H24N2O2. The fourth-order valence-electron chi connectivity index (χ4n) is 3.32. The van der Waals surface area contributed by atoms with Crippen molar-refractivity contribution in [1.29, 1.82) is 0 Å². The summed E-state index contributed by atoms with van der Waals surface area (Å²) in [7, 11) is 0. The smallest absolute Gasteiger partial charge is 0.262 e. The third kappa shape index (κ3) is 3.56.